The molecule has 1 aliphatic carbocycles. The lowest BCUT2D eigenvalue weighted by Crippen LogP contribution is -2.32. The second kappa shape index (κ2) is 4.75. The summed E-state index contributed by atoms with van der Waals surface area (Å²) >= 11 is 0. The zero-order valence-corrected chi connectivity index (χ0v) is 10.2. The van der Waals surface area contributed by atoms with Crippen molar-refractivity contribution in [2.75, 3.05) is 5.32 Å². The molecule has 3 N–H and O–H groups in total. The number of nitrogens with one attached hydrogen (secondary N) is 2. The van der Waals surface area contributed by atoms with Crippen molar-refractivity contribution in [3.63, 3.8) is 0 Å². The summed E-state index contributed by atoms with van der Waals surface area (Å²) in [6, 6.07) is 0. The molecule has 2 rings (SSSR count). The van der Waals surface area contributed by atoms with Gasteiger partial charge in [-0.15, -0.1) is 5.10 Å². The van der Waals surface area contributed by atoms with Gasteiger partial charge in [-0.3, -0.25) is 20.0 Å². The molecule has 1 aliphatic rings. The largest absolute Gasteiger partial charge is 0.481 e. The van der Waals surface area contributed by atoms with Crippen LogP contribution in [0.25, 0.3) is 0 Å². The van der Waals surface area contributed by atoms with E-state index in [-0.39, 0.29) is 18.3 Å². The minimum Gasteiger partial charge on any atom is -0.481 e. The number of aryl methyl sites for hydroxylation is 1. The highest BCUT2D eigenvalue weighted by atomic mass is 16.4. The molecule has 18 heavy (non-hydrogen) atoms. The Morgan fingerprint density at radius 1 is 1.44 bits per heavy atom. The molecule has 0 spiro atoms. The highest BCUT2D eigenvalue weighted by Gasteiger charge is 2.43. The average molecular weight is 252 g/mol. The van der Waals surface area contributed by atoms with E-state index in [4.69, 9.17) is 0 Å². The van der Waals surface area contributed by atoms with Crippen LogP contribution in [0, 0.1) is 12.3 Å². The van der Waals surface area contributed by atoms with Crippen LogP contribution in [0.1, 0.15) is 37.9 Å². The van der Waals surface area contributed by atoms with Gasteiger partial charge in [-0.25, -0.2) is 0 Å². The third-order valence-electron chi connectivity index (χ3n) is 3.36. The summed E-state index contributed by atoms with van der Waals surface area (Å²) in [7, 11) is 0. The van der Waals surface area contributed by atoms with Gasteiger partial charge in [0, 0.05) is 6.42 Å². The smallest absolute Gasteiger partial charge is 0.310 e. The van der Waals surface area contributed by atoms with E-state index in [1.54, 1.807) is 6.92 Å². The molecule has 0 bridgehead atoms. The van der Waals surface area contributed by atoms with Crippen molar-refractivity contribution in [3.05, 3.63) is 5.82 Å². The molecule has 0 radical (unpaired) electrons. The minimum atomic E-state index is -0.907. The first-order valence-corrected chi connectivity index (χ1v) is 5.94. The topological polar surface area (TPSA) is 108 Å². The predicted molar refractivity (Wildman–Crippen MR) is 62.9 cm³/mol. The lowest BCUT2D eigenvalue weighted by Gasteiger charge is -2.22. The van der Waals surface area contributed by atoms with Crippen LogP contribution in [-0.4, -0.2) is 32.2 Å². The average Bonchev–Trinajstić information content (AvgIpc) is 2.89. The van der Waals surface area contributed by atoms with Gasteiger partial charge in [0.2, 0.25) is 11.9 Å². The Bertz CT molecular complexity index is 463. The Balaban J connectivity index is 1.99. The maximum absolute atomic E-state index is 11.8. The summed E-state index contributed by atoms with van der Waals surface area (Å²) in [5.74, 6) is -0.449. The molecule has 1 aromatic rings. The number of hydrogen-bond donors (Lipinski definition) is 3. The third-order valence-corrected chi connectivity index (χ3v) is 3.36. The molecule has 1 amide bonds. The number of nitrogens with zero attached hydrogens (tertiary/aromatic N) is 2. The molecule has 0 aromatic carbocycles. The van der Waals surface area contributed by atoms with Gasteiger partial charge in [-0.1, -0.05) is 12.8 Å². The Kier molecular flexibility index (Phi) is 3.31. The van der Waals surface area contributed by atoms with E-state index in [2.05, 4.69) is 20.5 Å². The van der Waals surface area contributed by atoms with E-state index >= 15 is 0 Å². The number of aromatic nitrogens is 3. The van der Waals surface area contributed by atoms with Crippen LogP contribution < -0.4 is 5.32 Å². The zero-order chi connectivity index (χ0) is 13.2. The molecule has 0 atom stereocenters. The highest BCUT2D eigenvalue weighted by molar-refractivity contribution is 5.93. The quantitative estimate of drug-likeness (QED) is 0.743. The van der Waals surface area contributed by atoms with Crippen LogP contribution in [-0.2, 0) is 9.59 Å². The summed E-state index contributed by atoms with van der Waals surface area (Å²) in [5.41, 5.74) is -0.907. The van der Waals surface area contributed by atoms with Gasteiger partial charge < -0.3 is 5.11 Å². The van der Waals surface area contributed by atoms with E-state index in [1.807, 2.05) is 0 Å². The number of aliphatic carboxylic acids is 1. The molecule has 0 saturated heterocycles. The van der Waals surface area contributed by atoms with Crippen LogP contribution in [0.3, 0.4) is 0 Å². The van der Waals surface area contributed by atoms with Crippen molar-refractivity contribution in [2.45, 2.75) is 39.0 Å². The summed E-state index contributed by atoms with van der Waals surface area (Å²) < 4.78 is 0. The summed E-state index contributed by atoms with van der Waals surface area (Å²) in [6.45, 7) is 1.72. The van der Waals surface area contributed by atoms with Crippen LogP contribution >= 0.6 is 0 Å². The molecular weight excluding hydrogens is 236 g/mol. The molecular formula is C11H16N4O3. The van der Waals surface area contributed by atoms with Crippen LogP contribution in [0.15, 0.2) is 0 Å². The van der Waals surface area contributed by atoms with E-state index in [0.717, 1.165) is 12.8 Å². The number of anilines is 1. The molecule has 98 valence electrons. The van der Waals surface area contributed by atoms with E-state index in [9.17, 15) is 14.7 Å². The van der Waals surface area contributed by atoms with Crippen molar-refractivity contribution < 1.29 is 14.7 Å². The zero-order valence-electron chi connectivity index (χ0n) is 10.2. The Morgan fingerprint density at radius 3 is 2.61 bits per heavy atom. The molecule has 7 nitrogen and oxygen atoms in total. The fraction of sp³-hybridized carbons (Fsp3) is 0.636. The number of carboxylic acid groups (broad SMARTS) is 1. The molecule has 1 saturated carbocycles. The van der Waals surface area contributed by atoms with E-state index in [0.29, 0.717) is 18.7 Å². The van der Waals surface area contributed by atoms with Gasteiger partial charge in [0.15, 0.2) is 0 Å². The van der Waals surface area contributed by atoms with Crippen LogP contribution in [0.4, 0.5) is 5.95 Å². The number of aromatic amines is 1. The standard InChI is InChI=1S/C11H16N4O3/c1-7-12-10(15-14-7)13-8(16)6-11(9(17)18)4-2-3-5-11/h2-6H2,1H3,(H,17,18)(H2,12,13,14,15,16). The predicted octanol–water partition coefficient (Wildman–Crippen LogP) is 1.09. The van der Waals surface area contributed by atoms with Crippen molar-refractivity contribution in [3.8, 4) is 0 Å². The van der Waals surface area contributed by atoms with Crippen LogP contribution in [0.2, 0.25) is 0 Å². The molecule has 0 unspecified atom stereocenters. The second-order valence-electron chi connectivity index (χ2n) is 4.76. The first-order chi connectivity index (χ1) is 8.52. The van der Waals surface area contributed by atoms with Gasteiger partial charge in [0.05, 0.1) is 5.41 Å². The number of hydrogen-bond acceptors (Lipinski definition) is 4. The number of H-pyrrole nitrogens is 1. The number of amides is 1. The molecule has 0 aliphatic heterocycles. The number of carboxylic acids is 1. The van der Waals surface area contributed by atoms with Gasteiger partial charge in [-0.05, 0) is 19.8 Å². The summed E-state index contributed by atoms with van der Waals surface area (Å²) in [6.07, 6.45) is 2.82. The maximum Gasteiger partial charge on any atom is 0.310 e. The van der Waals surface area contributed by atoms with Crippen molar-refractivity contribution in [1.29, 1.82) is 0 Å². The Labute approximate surface area is 104 Å². The lowest BCUT2D eigenvalue weighted by atomic mass is 9.82. The lowest BCUT2D eigenvalue weighted by molar-refractivity contribution is -0.150. The van der Waals surface area contributed by atoms with Gasteiger partial charge in [-0.2, -0.15) is 4.98 Å². The summed E-state index contributed by atoms with van der Waals surface area (Å²) in [5, 5.41) is 18.2. The SMILES string of the molecule is Cc1nc(NC(=O)CC2(C(=O)O)CCCC2)n[nH]1. The van der Waals surface area contributed by atoms with Gasteiger partial charge in [0.1, 0.15) is 5.82 Å². The fourth-order valence-electron chi connectivity index (χ4n) is 2.39. The summed E-state index contributed by atoms with van der Waals surface area (Å²) in [4.78, 5) is 27.1. The monoisotopic (exact) mass is 252 g/mol. The van der Waals surface area contributed by atoms with E-state index < -0.39 is 11.4 Å². The first-order valence-electron chi connectivity index (χ1n) is 5.94. The third kappa shape index (κ3) is 2.49. The number of carbonyl (C=O) groups is 2. The molecule has 1 aromatic heterocycles. The number of carbonyl (C=O) groups excluding carboxylic acids is 1. The molecule has 1 fully saturated rings. The highest BCUT2D eigenvalue weighted by Crippen LogP contribution is 2.41. The number of rotatable bonds is 4. The van der Waals surface area contributed by atoms with Crippen molar-refractivity contribution in [1.82, 2.24) is 15.2 Å². The normalized spacial score (nSPS) is 17.6. The van der Waals surface area contributed by atoms with E-state index in [1.165, 1.54) is 0 Å². The van der Waals surface area contributed by atoms with Crippen LogP contribution in [0.5, 0.6) is 0 Å². The fourth-order valence-corrected chi connectivity index (χ4v) is 2.39. The Morgan fingerprint density at radius 2 is 2.11 bits per heavy atom. The van der Waals surface area contributed by atoms with Gasteiger partial charge >= 0.3 is 5.97 Å². The van der Waals surface area contributed by atoms with Crippen molar-refractivity contribution >= 4 is 17.8 Å². The van der Waals surface area contributed by atoms with Crippen molar-refractivity contribution in [2.24, 2.45) is 5.41 Å². The molecule has 7 heteroatoms. The maximum atomic E-state index is 11.8. The minimum absolute atomic E-state index is 0.0179. The first kappa shape index (κ1) is 12.5. The second-order valence-corrected chi connectivity index (χ2v) is 4.76. The molecule has 1 heterocycles. The Hall–Kier alpha value is -1.92. The van der Waals surface area contributed by atoms with Gasteiger partial charge in [0.25, 0.3) is 0 Å².